The average Bonchev–Trinajstić information content (AvgIpc) is 3.23. The van der Waals surface area contributed by atoms with E-state index in [9.17, 15) is 4.79 Å². The van der Waals surface area contributed by atoms with Crippen molar-refractivity contribution in [3.05, 3.63) is 83.5 Å². The van der Waals surface area contributed by atoms with E-state index in [2.05, 4.69) is 15.4 Å². The first kappa shape index (κ1) is 16.4. The summed E-state index contributed by atoms with van der Waals surface area (Å²) < 4.78 is 3.72. The Hall–Kier alpha value is -3.12. The summed E-state index contributed by atoms with van der Waals surface area (Å²) in [5, 5.41) is 7.80. The van der Waals surface area contributed by atoms with Gasteiger partial charge in [-0.3, -0.25) is 9.48 Å². The van der Waals surface area contributed by atoms with Gasteiger partial charge in [-0.25, -0.2) is 4.98 Å². The summed E-state index contributed by atoms with van der Waals surface area (Å²) >= 11 is 5.85. The van der Waals surface area contributed by atoms with Crippen molar-refractivity contribution in [2.75, 3.05) is 5.32 Å². The molecule has 0 aliphatic heterocycles. The number of hydrogen-bond donors (Lipinski definition) is 1. The van der Waals surface area contributed by atoms with E-state index >= 15 is 0 Å². The van der Waals surface area contributed by atoms with Crippen LogP contribution in [0.5, 0.6) is 0 Å². The highest BCUT2D eigenvalue weighted by Gasteiger charge is 2.08. The van der Waals surface area contributed by atoms with Crippen LogP contribution in [0.4, 0.5) is 5.69 Å². The lowest BCUT2D eigenvalue weighted by molar-refractivity contribution is -0.115. The van der Waals surface area contributed by atoms with E-state index in [1.165, 1.54) is 0 Å². The fraction of sp³-hybridized carbons (Fsp3) is 0.105. The molecule has 3 heterocycles. The van der Waals surface area contributed by atoms with Gasteiger partial charge in [-0.1, -0.05) is 29.8 Å². The summed E-state index contributed by atoms with van der Waals surface area (Å²) in [6.07, 6.45) is 7.64. The summed E-state index contributed by atoms with van der Waals surface area (Å²) in [6.45, 7) is 0.536. The molecular weight excluding hydrogens is 350 g/mol. The molecule has 3 aromatic heterocycles. The molecule has 26 heavy (non-hydrogen) atoms. The molecule has 0 radical (unpaired) electrons. The van der Waals surface area contributed by atoms with Crippen molar-refractivity contribution < 1.29 is 4.79 Å². The van der Waals surface area contributed by atoms with Gasteiger partial charge in [0.2, 0.25) is 5.91 Å². The Balaban J connectivity index is 1.39. The summed E-state index contributed by atoms with van der Waals surface area (Å²) in [5.74, 6) is -0.0976. The topological polar surface area (TPSA) is 64.2 Å². The predicted octanol–water partition coefficient (Wildman–Crippen LogP) is 3.41. The number of fused-ring (bicyclic) bond motifs is 1. The van der Waals surface area contributed by atoms with Gasteiger partial charge in [0.15, 0.2) is 0 Å². The smallest absolute Gasteiger partial charge is 0.228 e. The standard InChI is InChI=1S/C19H16ClN5O/c20-15-6-4-14(5-7-15)9-19(26)23-16-10-21-25(12-16)13-17-11-24-8-2-1-3-18(24)22-17/h1-8,10-12H,9,13H2,(H,23,26). The van der Waals surface area contributed by atoms with Crippen LogP contribution in [0.3, 0.4) is 0 Å². The third-order valence-electron chi connectivity index (χ3n) is 3.93. The van der Waals surface area contributed by atoms with E-state index in [1.807, 2.05) is 47.1 Å². The lowest BCUT2D eigenvalue weighted by atomic mass is 10.1. The summed E-state index contributed by atoms with van der Waals surface area (Å²) in [6, 6.07) is 13.1. The zero-order valence-corrected chi connectivity index (χ0v) is 14.6. The lowest BCUT2D eigenvalue weighted by Gasteiger charge is -2.03. The second-order valence-electron chi connectivity index (χ2n) is 5.98. The SMILES string of the molecule is O=C(Cc1ccc(Cl)cc1)Nc1cnn(Cc2cn3ccccc3n2)c1. The Morgan fingerprint density at radius 1 is 1.12 bits per heavy atom. The normalized spacial score (nSPS) is 11.0. The molecule has 0 spiro atoms. The Kier molecular flexibility index (Phi) is 4.41. The highest BCUT2D eigenvalue weighted by molar-refractivity contribution is 6.30. The lowest BCUT2D eigenvalue weighted by Crippen LogP contribution is -2.13. The molecule has 130 valence electrons. The number of hydrogen-bond acceptors (Lipinski definition) is 3. The van der Waals surface area contributed by atoms with Gasteiger partial charge in [-0.2, -0.15) is 5.10 Å². The molecule has 1 aromatic carbocycles. The Labute approximate surface area is 155 Å². The minimum Gasteiger partial charge on any atom is -0.323 e. The van der Waals surface area contributed by atoms with Crippen molar-refractivity contribution in [3.8, 4) is 0 Å². The minimum atomic E-state index is -0.0976. The van der Waals surface area contributed by atoms with Gasteiger partial charge in [0.25, 0.3) is 0 Å². The molecule has 4 aromatic rings. The Morgan fingerprint density at radius 3 is 2.77 bits per heavy atom. The monoisotopic (exact) mass is 365 g/mol. The Bertz CT molecular complexity index is 1020. The molecule has 7 heteroatoms. The van der Waals surface area contributed by atoms with Crippen LogP contribution in [0, 0.1) is 0 Å². The van der Waals surface area contributed by atoms with Crippen molar-refractivity contribution in [2.45, 2.75) is 13.0 Å². The van der Waals surface area contributed by atoms with Crippen molar-refractivity contribution >= 4 is 28.8 Å². The molecule has 0 unspecified atom stereocenters. The predicted molar refractivity (Wildman–Crippen MR) is 100 cm³/mol. The third-order valence-corrected chi connectivity index (χ3v) is 4.18. The molecule has 6 nitrogen and oxygen atoms in total. The largest absolute Gasteiger partial charge is 0.323 e. The van der Waals surface area contributed by atoms with Crippen LogP contribution < -0.4 is 5.32 Å². The van der Waals surface area contributed by atoms with Crippen molar-refractivity contribution in [3.63, 3.8) is 0 Å². The van der Waals surface area contributed by atoms with Crippen LogP contribution in [-0.2, 0) is 17.8 Å². The number of halogens is 1. The molecule has 4 rings (SSSR count). The number of pyridine rings is 1. The number of anilines is 1. The summed E-state index contributed by atoms with van der Waals surface area (Å²) in [4.78, 5) is 16.7. The average molecular weight is 366 g/mol. The molecule has 0 aliphatic rings. The van der Waals surface area contributed by atoms with Crippen molar-refractivity contribution in [1.82, 2.24) is 19.2 Å². The van der Waals surface area contributed by atoms with Crippen LogP contribution in [0.2, 0.25) is 5.02 Å². The molecule has 0 bridgehead atoms. The van der Waals surface area contributed by atoms with Crippen LogP contribution in [0.15, 0.2) is 67.3 Å². The number of rotatable bonds is 5. The van der Waals surface area contributed by atoms with Crippen molar-refractivity contribution in [2.24, 2.45) is 0 Å². The molecule has 0 atom stereocenters. The first-order chi connectivity index (χ1) is 12.7. The summed E-state index contributed by atoms with van der Waals surface area (Å²) in [7, 11) is 0. The van der Waals surface area contributed by atoms with Crippen LogP contribution in [-0.4, -0.2) is 25.1 Å². The fourth-order valence-electron chi connectivity index (χ4n) is 2.74. The number of nitrogens with one attached hydrogen (secondary N) is 1. The Morgan fingerprint density at radius 2 is 1.96 bits per heavy atom. The molecule has 0 saturated heterocycles. The van der Waals surface area contributed by atoms with E-state index in [-0.39, 0.29) is 12.3 Å². The number of carbonyl (C=O) groups excluding carboxylic acids is 1. The van der Waals surface area contributed by atoms with Crippen LogP contribution in [0.25, 0.3) is 5.65 Å². The summed E-state index contributed by atoms with van der Waals surface area (Å²) in [5.41, 5.74) is 3.36. The van der Waals surface area contributed by atoms with E-state index in [1.54, 1.807) is 29.2 Å². The second kappa shape index (κ2) is 7.01. The van der Waals surface area contributed by atoms with Crippen molar-refractivity contribution in [1.29, 1.82) is 0 Å². The zero-order chi connectivity index (χ0) is 17.9. The van der Waals surface area contributed by atoms with Crippen LogP contribution >= 0.6 is 11.6 Å². The number of benzene rings is 1. The number of nitrogens with zero attached hydrogens (tertiary/aromatic N) is 4. The maximum atomic E-state index is 12.2. The maximum Gasteiger partial charge on any atom is 0.228 e. The van der Waals surface area contributed by atoms with E-state index < -0.39 is 0 Å². The fourth-order valence-corrected chi connectivity index (χ4v) is 2.86. The van der Waals surface area contributed by atoms with Gasteiger partial charge in [0, 0.05) is 23.6 Å². The van der Waals surface area contributed by atoms with E-state index in [4.69, 9.17) is 11.6 Å². The first-order valence-corrected chi connectivity index (χ1v) is 8.53. The number of imidazole rings is 1. The highest BCUT2D eigenvalue weighted by atomic mass is 35.5. The third kappa shape index (κ3) is 3.75. The molecule has 1 N–H and O–H groups in total. The first-order valence-electron chi connectivity index (χ1n) is 8.15. The van der Waals surface area contributed by atoms with Gasteiger partial charge in [0.05, 0.1) is 30.5 Å². The van der Waals surface area contributed by atoms with Gasteiger partial charge in [-0.15, -0.1) is 0 Å². The number of amides is 1. The van der Waals surface area contributed by atoms with E-state index in [0.717, 1.165) is 16.9 Å². The number of aromatic nitrogens is 4. The number of carbonyl (C=O) groups is 1. The van der Waals surface area contributed by atoms with Crippen LogP contribution in [0.1, 0.15) is 11.3 Å². The minimum absolute atomic E-state index is 0.0976. The van der Waals surface area contributed by atoms with Gasteiger partial charge < -0.3 is 9.72 Å². The van der Waals surface area contributed by atoms with Gasteiger partial charge in [0.1, 0.15) is 5.65 Å². The molecular formula is C19H16ClN5O. The molecule has 0 aliphatic carbocycles. The molecule has 0 fully saturated rings. The zero-order valence-electron chi connectivity index (χ0n) is 13.8. The van der Waals surface area contributed by atoms with Gasteiger partial charge >= 0.3 is 0 Å². The maximum absolute atomic E-state index is 12.2. The van der Waals surface area contributed by atoms with E-state index in [0.29, 0.717) is 17.3 Å². The quantitative estimate of drug-likeness (QED) is 0.589. The molecule has 0 saturated carbocycles. The molecule has 1 amide bonds. The second-order valence-corrected chi connectivity index (χ2v) is 6.41. The highest BCUT2D eigenvalue weighted by Crippen LogP contribution is 2.12. The van der Waals surface area contributed by atoms with Gasteiger partial charge in [-0.05, 0) is 29.8 Å².